The summed E-state index contributed by atoms with van der Waals surface area (Å²) in [4.78, 5) is 27.5. The molecule has 23 heavy (non-hydrogen) atoms. The average Bonchev–Trinajstić information content (AvgIpc) is 2.94. The van der Waals surface area contributed by atoms with Crippen molar-refractivity contribution in [2.75, 3.05) is 14.2 Å². The summed E-state index contributed by atoms with van der Waals surface area (Å²) in [6.45, 7) is 3.77. The zero-order chi connectivity index (χ0) is 17.1. The molecule has 0 saturated carbocycles. The van der Waals surface area contributed by atoms with Crippen LogP contribution in [0.3, 0.4) is 0 Å². The number of methoxy groups -OCH3 is 2. The Balaban J connectivity index is 2.77. The number of rotatable bonds is 4. The third-order valence-corrected chi connectivity index (χ3v) is 3.52. The van der Waals surface area contributed by atoms with Crippen molar-refractivity contribution in [2.24, 2.45) is 0 Å². The number of carbonyl (C=O) groups excluding carboxylic acids is 2. The summed E-state index contributed by atoms with van der Waals surface area (Å²) in [5.74, 6) is -1.73. The first-order valence-electron chi connectivity index (χ1n) is 7.09. The van der Waals surface area contributed by atoms with E-state index in [0.29, 0.717) is 17.0 Å². The lowest BCUT2D eigenvalue weighted by Crippen LogP contribution is -2.12. The summed E-state index contributed by atoms with van der Waals surface area (Å²) >= 11 is 0. The van der Waals surface area contributed by atoms with Gasteiger partial charge in [0.05, 0.1) is 31.0 Å². The van der Waals surface area contributed by atoms with Crippen LogP contribution in [0.5, 0.6) is 0 Å². The van der Waals surface area contributed by atoms with E-state index < -0.39 is 17.8 Å². The minimum Gasteiger partial charge on any atom is -0.465 e. The molecule has 0 radical (unpaired) electrons. The van der Waals surface area contributed by atoms with Gasteiger partial charge in [-0.25, -0.2) is 14.0 Å². The molecule has 0 amide bonds. The molecule has 0 aliphatic carbocycles. The molecular weight excluding hydrogens is 301 g/mol. The van der Waals surface area contributed by atoms with Gasteiger partial charge < -0.3 is 14.5 Å². The van der Waals surface area contributed by atoms with Gasteiger partial charge in [-0.1, -0.05) is 13.8 Å². The van der Waals surface area contributed by atoms with E-state index in [9.17, 15) is 14.0 Å². The second kappa shape index (κ2) is 6.64. The summed E-state index contributed by atoms with van der Waals surface area (Å²) in [6.07, 6.45) is 0. The van der Waals surface area contributed by atoms with E-state index in [1.807, 2.05) is 13.8 Å². The van der Waals surface area contributed by atoms with Crippen molar-refractivity contribution < 1.29 is 23.5 Å². The second-order valence-electron chi connectivity index (χ2n) is 5.31. The number of hydrogen-bond donors (Lipinski definition) is 1. The predicted octanol–water partition coefficient (Wildman–Crippen LogP) is 3.52. The van der Waals surface area contributed by atoms with Crippen molar-refractivity contribution in [1.29, 1.82) is 0 Å². The molecule has 0 atom stereocenters. The number of halogens is 1. The highest BCUT2D eigenvalue weighted by Crippen LogP contribution is 2.33. The maximum Gasteiger partial charge on any atom is 0.340 e. The van der Waals surface area contributed by atoms with E-state index in [1.54, 1.807) is 0 Å². The Kier molecular flexibility index (Phi) is 4.83. The molecule has 1 heterocycles. The molecule has 122 valence electrons. The highest BCUT2D eigenvalue weighted by atomic mass is 19.1. The molecule has 0 fully saturated rings. The topological polar surface area (TPSA) is 68.4 Å². The summed E-state index contributed by atoms with van der Waals surface area (Å²) in [5, 5.41) is 0. The van der Waals surface area contributed by atoms with Gasteiger partial charge in [0.2, 0.25) is 0 Å². The fourth-order valence-corrected chi connectivity index (χ4v) is 2.41. The SMILES string of the molecule is COC(=O)c1c(-c2ccc(F)cc2)[nH]c(C(C)C)c1C(=O)OC. The molecule has 0 aliphatic rings. The maximum absolute atomic E-state index is 13.1. The fraction of sp³-hybridized carbons (Fsp3) is 0.294. The molecule has 0 saturated heterocycles. The lowest BCUT2D eigenvalue weighted by atomic mass is 10.0. The lowest BCUT2D eigenvalue weighted by molar-refractivity contribution is 0.0556. The Morgan fingerprint density at radius 2 is 1.52 bits per heavy atom. The van der Waals surface area contributed by atoms with Gasteiger partial charge in [-0.05, 0) is 35.7 Å². The average molecular weight is 319 g/mol. The van der Waals surface area contributed by atoms with Gasteiger partial charge in [-0.2, -0.15) is 0 Å². The zero-order valence-electron chi connectivity index (χ0n) is 13.4. The van der Waals surface area contributed by atoms with Crippen LogP contribution in [0.15, 0.2) is 24.3 Å². The van der Waals surface area contributed by atoms with Crippen molar-refractivity contribution >= 4 is 11.9 Å². The number of benzene rings is 1. The highest BCUT2D eigenvalue weighted by molar-refractivity contribution is 6.08. The van der Waals surface area contributed by atoms with Crippen molar-refractivity contribution in [3.8, 4) is 11.3 Å². The van der Waals surface area contributed by atoms with E-state index in [4.69, 9.17) is 9.47 Å². The summed E-state index contributed by atoms with van der Waals surface area (Å²) in [6, 6.07) is 5.62. The molecule has 0 unspecified atom stereocenters. The molecule has 6 heteroatoms. The number of H-pyrrole nitrogens is 1. The van der Waals surface area contributed by atoms with Gasteiger partial charge in [0, 0.05) is 5.69 Å². The number of carbonyl (C=O) groups is 2. The monoisotopic (exact) mass is 319 g/mol. The molecule has 1 N–H and O–H groups in total. The van der Waals surface area contributed by atoms with Crippen molar-refractivity contribution in [3.05, 3.63) is 46.9 Å². The van der Waals surface area contributed by atoms with Gasteiger partial charge in [0.25, 0.3) is 0 Å². The Labute approximate surface area is 133 Å². The van der Waals surface area contributed by atoms with E-state index in [0.717, 1.165) is 0 Å². The Hall–Kier alpha value is -2.63. The van der Waals surface area contributed by atoms with Crippen LogP contribution in [0, 0.1) is 5.82 Å². The largest absolute Gasteiger partial charge is 0.465 e. The minimum atomic E-state index is -0.659. The van der Waals surface area contributed by atoms with E-state index in [1.165, 1.54) is 38.5 Å². The zero-order valence-corrected chi connectivity index (χ0v) is 13.4. The lowest BCUT2D eigenvalue weighted by Gasteiger charge is -2.07. The fourth-order valence-electron chi connectivity index (χ4n) is 2.41. The van der Waals surface area contributed by atoms with Crippen molar-refractivity contribution in [2.45, 2.75) is 19.8 Å². The maximum atomic E-state index is 13.1. The first-order valence-corrected chi connectivity index (χ1v) is 7.09. The predicted molar refractivity (Wildman–Crippen MR) is 83.0 cm³/mol. The molecule has 1 aromatic carbocycles. The van der Waals surface area contributed by atoms with E-state index in [-0.39, 0.29) is 17.0 Å². The third-order valence-electron chi connectivity index (χ3n) is 3.52. The smallest absolute Gasteiger partial charge is 0.340 e. The second-order valence-corrected chi connectivity index (χ2v) is 5.31. The van der Waals surface area contributed by atoms with Gasteiger partial charge in [-0.3, -0.25) is 0 Å². The Morgan fingerprint density at radius 1 is 1.00 bits per heavy atom. The summed E-state index contributed by atoms with van der Waals surface area (Å²) < 4.78 is 22.8. The molecule has 5 nitrogen and oxygen atoms in total. The minimum absolute atomic E-state index is 0.0540. The number of aromatic amines is 1. The first kappa shape index (κ1) is 16.7. The van der Waals surface area contributed by atoms with Gasteiger partial charge in [-0.15, -0.1) is 0 Å². The van der Waals surface area contributed by atoms with Crippen LogP contribution in [-0.4, -0.2) is 31.1 Å². The molecule has 0 spiro atoms. The van der Waals surface area contributed by atoms with Crippen LogP contribution < -0.4 is 0 Å². The molecular formula is C17H18FNO4. The van der Waals surface area contributed by atoms with Crippen LogP contribution in [0.25, 0.3) is 11.3 Å². The molecule has 2 rings (SSSR count). The first-order chi connectivity index (χ1) is 10.9. The van der Waals surface area contributed by atoms with Crippen molar-refractivity contribution in [1.82, 2.24) is 4.98 Å². The molecule has 1 aromatic heterocycles. The molecule has 0 bridgehead atoms. The normalized spacial score (nSPS) is 10.7. The van der Waals surface area contributed by atoms with Gasteiger partial charge in [0.1, 0.15) is 5.82 Å². The van der Waals surface area contributed by atoms with E-state index in [2.05, 4.69) is 4.98 Å². The highest BCUT2D eigenvalue weighted by Gasteiger charge is 2.30. The number of nitrogens with one attached hydrogen (secondary N) is 1. The number of aromatic nitrogens is 1. The van der Waals surface area contributed by atoms with Gasteiger partial charge in [0.15, 0.2) is 0 Å². The summed E-state index contributed by atoms with van der Waals surface area (Å²) in [7, 11) is 2.48. The number of esters is 2. The number of ether oxygens (including phenoxy) is 2. The van der Waals surface area contributed by atoms with Crippen LogP contribution >= 0.6 is 0 Å². The Bertz CT molecular complexity index is 732. The molecule has 2 aromatic rings. The number of hydrogen-bond acceptors (Lipinski definition) is 4. The quantitative estimate of drug-likeness (QED) is 0.876. The summed E-state index contributed by atoms with van der Waals surface area (Å²) in [5.41, 5.74) is 1.78. The van der Waals surface area contributed by atoms with Crippen LogP contribution in [0.2, 0.25) is 0 Å². The van der Waals surface area contributed by atoms with E-state index >= 15 is 0 Å². The van der Waals surface area contributed by atoms with Crippen molar-refractivity contribution in [3.63, 3.8) is 0 Å². The van der Waals surface area contributed by atoms with Crippen LogP contribution in [0.4, 0.5) is 4.39 Å². The van der Waals surface area contributed by atoms with Crippen LogP contribution in [0.1, 0.15) is 46.2 Å². The standard InChI is InChI=1S/C17H18FNO4/c1-9(2)14-12(16(20)22-3)13(17(21)23-4)15(19-14)10-5-7-11(18)8-6-10/h5-9,19H,1-4H3. The molecule has 0 aliphatic heterocycles. The Morgan fingerprint density at radius 3 is 2.00 bits per heavy atom. The van der Waals surface area contributed by atoms with Crippen LogP contribution in [-0.2, 0) is 9.47 Å². The van der Waals surface area contributed by atoms with Gasteiger partial charge >= 0.3 is 11.9 Å². The third kappa shape index (κ3) is 3.11.